The maximum Gasteiger partial charge on any atom is 0.249 e. The third-order valence-corrected chi connectivity index (χ3v) is 3.18. The van der Waals surface area contributed by atoms with E-state index >= 15 is 0 Å². The van der Waals surface area contributed by atoms with Gasteiger partial charge in [-0.2, -0.15) is 0 Å². The second-order valence-electron chi connectivity index (χ2n) is 4.69. The SMILES string of the molecule is CC(OC1CCCC1N)C(=O)NC1CC1. The van der Waals surface area contributed by atoms with Crippen molar-refractivity contribution in [2.75, 3.05) is 0 Å². The van der Waals surface area contributed by atoms with Crippen LogP contribution in [0.1, 0.15) is 39.0 Å². The fourth-order valence-corrected chi connectivity index (χ4v) is 1.99. The zero-order chi connectivity index (χ0) is 10.8. The highest BCUT2D eigenvalue weighted by molar-refractivity contribution is 5.80. The molecule has 0 aliphatic heterocycles. The lowest BCUT2D eigenvalue weighted by Crippen LogP contribution is -2.41. The summed E-state index contributed by atoms with van der Waals surface area (Å²) in [6.45, 7) is 1.81. The number of nitrogens with one attached hydrogen (secondary N) is 1. The van der Waals surface area contributed by atoms with E-state index in [1.165, 1.54) is 0 Å². The molecule has 4 heteroatoms. The Hall–Kier alpha value is -0.610. The lowest BCUT2D eigenvalue weighted by atomic mass is 10.2. The third kappa shape index (κ3) is 2.92. The molecule has 0 aromatic carbocycles. The van der Waals surface area contributed by atoms with Crippen LogP contribution in [0.25, 0.3) is 0 Å². The molecule has 0 radical (unpaired) electrons. The summed E-state index contributed by atoms with van der Waals surface area (Å²) in [5, 5.41) is 2.94. The molecule has 0 heterocycles. The molecule has 3 unspecified atom stereocenters. The van der Waals surface area contributed by atoms with Gasteiger partial charge in [0, 0.05) is 12.1 Å². The minimum absolute atomic E-state index is 0.0107. The van der Waals surface area contributed by atoms with E-state index in [0.29, 0.717) is 6.04 Å². The number of ether oxygens (including phenoxy) is 1. The number of amides is 1. The van der Waals surface area contributed by atoms with Gasteiger partial charge in [-0.3, -0.25) is 4.79 Å². The van der Waals surface area contributed by atoms with Crippen molar-refractivity contribution in [3.63, 3.8) is 0 Å². The molecule has 0 bridgehead atoms. The Kier molecular flexibility index (Phi) is 3.26. The fraction of sp³-hybridized carbons (Fsp3) is 0.909. The molecule has 3 atom stereocenters. The lowest BCUT2D eigenvalue weighted by molar-refractivity contribution is -0.135. The van der Waals surface area contributed by atoms with Gasteiger partial charge in [0.15, 0.2) is 0 Å². The Morgan fingerprint density at radius 2 is 2.13 bits per heavy atom. The molecule has 2 rings (SSSR count). The van der Waals surface area contributed by atoms with Crippen molar-refractivity contribution in [2.24, 2.45) is 5.73 Å². The molecular formula is C11H20N2O2. The summed E-state index contributed by atoms with van der Waals surface area (Å²) in [6, 6.07) is 0.516. The van der Waals surface area contributed by atoms with Gasteiger partial charge in [-0.1, -0.05) is 0 Å². The van der Waals surface area contributed by atoms with E-state index in [1.807, 2.05) is 6.92 Å². The van der Waals surface area contributed by atoms with Gasteiger partial charge in [0.05, 0.1) is 6.10 Å². The van der Waals surface area contributed by atoms with Crippen molar-refractivity contribution >= 4 is 5.91 Å². The molecule has 2 saturated carbocycles. The first-order chi connectivity index (χ1) is 7.16. The van der Waals surface area contributed by atoms with Crippen LogP contribution in [0.4, 0.5) is 0 Å². The highest BCUT2D eigenvalue weighted by Crippen LogP contribution is 2.22. The van der Waals surface area contributed by atoms with Crippen LogP contribution in [-0.2, 0) is 9.53 Å². The highest BCUT2D eigenvalue weighted by Gasteiger charge is 2.30. The van der Waals surface area contributed by atoms with Gasteiger partial charge < -0.3 is 15.8 Å². The predicted molar refractivity (Wildman–Crippen MR) is 57.3 cm³/mol. The molecule has 86 valence electrons. The topological polar surface area (TPSA) is 64.3 Å². The van der Waals surface area contributed by atoms with E-state index in [9.17, 15) is 4.79 Å². The van der Waals surface area contributed by atoms with Crippen LogP contribution in [0.3, 0.4) is 0 Å². The Labute approximate surface area is 90.5 Å². The van der Waals surface area contributed by atoms with Crippen LogP contribution in [0.15, 0.2) is 0 Å². The largest absolute Gasteiger partial charge is 0.364 e. The molecule has 1 amide bonds. The quantitative estimate of drug-likeness (QED) is 0.715. The van der Waals surface area contributed by atoms with Crippen molar-refractivity contribution in [3.8, 4) is 0 Å². The van der Waals surface area contributed by atoms with E-state index < -0.39 is 0 Å². The summed E-state index contributed by atoms with van der Waals surface area (Å²) >= 11 is 0. The number of rotatable bonds is 4. The fourth-order valence-electron chi connectivity index (χ4n) is 1.99. The number of carbonyl (C=O) groups excluding carboxylic acids is 1. The molecule has 2 fully saturated rings. The predicted octanol–water partition coefficient (Wildman–Crippen LogP) is 0.550. The van der Waals surface area contributed by atoms with E-state index in [4.69, 9.17) is 10.5 Å². The van der Waals surface area contributed by atoms with Crippen LogP contribution in [-0.4, -0.2) is 30.2 Å². The van der Waals surface area contributed by atoms with E-state index in [0.717, 1.165) is 32.1 Å². The monoisotopic (exact) mass is 212 g/mol. The van der Waals surface area contributed by atoms with Gasteiger partial charge >= 0.3 is 0 Å². The summed E-state index contributed by atoms with van der Waals surface area (Å²) in [5.41, 5.74) is 5.88. The highest BCUT2D eigenvalue weighted by atomic mass is 16.5. The minimum Gasteiger partial charge on any atom is -0.364 e. The van der Waals surface area contributed by atoms with Gasteiger partial charge in [-0.25, -0.2) is 0 Å². The van der Waals surface area contributed by atoms with E-state index in [1.54, 1.807) is 0 Å². The average molecular weight is 212 g/mol. The molecular weight excluding hydrogens is 192 g/mol. The molecule has 0 spiro atoms. The Morgan fingerprint density at radius 3 is 2.67 bits per heavy atom. The van der Waals surface area contributed by atoms with Gasteiger partial charge in [-0.15, -0.1) is 0 Å². The Balaban J connectivity index is 1.74. The molecule has 0 aromatic heterocycles. The maximum atomic E-state index is 11.6. The molecule has 15 heavy (non-hydrogen) atoms. The maximum absolute atomic E-state index is 11.6. The lowest BCUT2D eigenvalue weighted by Gasteiger charge is -2.21. The van der Waals surface area contributed by atoms with E-state index in [2.05, 4.69) is 5.32 Å². The summed E-state index contributed by atoms with van der Waals surface area (Å²) < 4.78 is 5.68. The number of nitrogens with two attached hydrogens (primary N) is 1. The zero-order valence-electron chi connectivity index (χ0n) is 9.24. The molecule has 3 N–H and O–H groups in total. The molecule has 4 nitrogen and oxygen atoms in total. The van der Waals surface area contributed by atoms with E-state index in [-0.39, 0.29) is 24.2 Å². The first-order valence-corrected chi connectivity index (χ1v) is 5.88. The van der Waals surface area contributed by atoms with Gasteiger partial charge in [0.2, 0.25) is 5.91 Å². The van der Waals surface area contributed by atoms with Gasteiger partial charge in [0.25, 0.3) is 0 Å². The smallest absolute Gasteiger partial charge is 0.249 e. The molecule has 2 aliphatic rings. The van der Waals surface area contributed by atoms with Crippen molar-refractivity contribution in [1.82, 2.24) is 5.32 Å². The van der Waals surface area contributed by atoms with Crippen LogP contribution < -0.4 is 11.1 Å². The van der Waals surface area contributed by atoms with Gasteiger partial charge in [0.1, 0.15) is 6.10 Å². The number of hydrogen-bond donors (Lipinski definition) is 2. The summed E-state index contributed by atoms with van der Waals surface area (Å²) in [5.74, 6) is 0.0107. The minimum atomic E-state index is -0.361. The Morgan fingerprint density at radius 1 is 1.40 bits per heavy atom. The molecule has 2 aliphatic carbocycles. The third-order valence-electron chi connectivity index (χ3n) is 3.18. The second kappa shape index (κ2) is 4.49. The van der Waals surface area contributed by atoms with Crippen molar-refractivity contribution < 1.29 is 9.53 Å². The summed E-state index contributed by atoms with van der Waals surface area (Å²) in [7, 11) is 0. The average Bonchev–Trinajstić information content (AvgIpc) is 2.92. The second-order valence-corrected chi connectivity index (χ2v) is 4.69. The summed E-state index contributed by atoms with van der Waals surface area (Å²) in [6.07, 6.45) is 5.06. The first kappa shape index (κ1) is 10.9. The van der Waals surface area contributed by atoms with Crippen LogP contribution in [0.5, 0.6) is 0 Å². The van der Waals surface area contributed by atoms with Crippen molar-refractivity contribution in [2.45, 2.75) is 63.3 Å². The van der Waals surface area contributed by atoms with Crippen molar-refractivity contribution in [1.29, 1.82) is 0 Å². The normalized spacial score (nSPS) is 32.7. The van der Waals surface area contributed by atoms with Crippen LogP contribution in [0, 0.1) is 0 Å². The molecule has 0 saturated heterocycles. The van der Waals surface area contributed by atoms with Gasteiger partial charge in [-0.05, 0) is 39.0 Å². The summed E-state index contributed by atoms with van der Waals surface area (Å²) in [4.78, 5) is 11.6. The number of carbonyl (C=O) groups is 1. The zero-order valence-corrected chi connectivity index (χ0v) is 9.24. The van der Waals surface area contributed by atoms with Crippen LogP contribution in [0.2, 0.25) is 0 Å². The molecule has 0 aromatic rings. The van der Waals surface area contributed by atoms with Crippen molar-refractivity contribution in [3.05, 3.63) is 0 Å². The number of hydrogen-bond acceptors (Lipinski definition) is 3. The van der Waals surface area contributed by atoms with Crippen LogP contribution >= 0.6 is 0 Å². The Bertz CT molecular complexity index is 241. The standard InChI is InChI=1S/C11H20N2O2/c1-7(11(14)13-8-5-6-8)15-10-4-2-3-9(10)12/h7-10H,2-6,12H2,1H3,(H,13,14). The first-order valence-electron chi connectivity index (χ1n) is 5.88.